The first kappa shape index (κ1) is 29.6. The number of aliphatic carboxylic acids is 1. The second kappa shape index (κ2) is 14.6. The number of amides is 4. The van der Waals surface area contributed by atoms with E-state index in [1.54, 1.807) is 20.1 Å². The third-order valence-electron chi connectivity index (χ3n) is 4.84. The van der Waals surface area contributed by atoms with E-state index in [-0.39, 0.29) is 12.3 Å². The summed E-state index contributed by atoms with van der Waals surface area (Å²) in [5.41, 5.74) is 10.6. The summed E-state index contributed by atoms with van der Waals surface area (Å²) >= 11 is 1.41. The van der Waals surface area contributed by atoms with Crippen molar-refractivity contribution in [3.05, 3.63) is 0 Å². The van der Waals surface area contributed by atoms with Gasteiger partial charge >= 0.3 is 5.97 Å². The van der Waals surface area contributed by atoms with Crippen LogP contribution < -0.4 is 27.4 Å². The number of carbonyl (C=O) groups excluding carboxylic acids is 4. The average Bonchev–Trinajstić information content (AvgIpc) is 2.70. The minimum atomic E-state index is -1.46. The zero-order valence-electron chi connectivity index (χ0n) is 18.8. The molecule has 0 saturated heterocycles. The molecule has 6 atom stereocenters. The highest BCUT2D eigenvalue weighted by atomic mass is 32.2. The van der Waals surface area contributed by atoms with Crippen LogP contribution in [0.3, 0.4) is 0 Å². The molecule has 6 unspecified atom stereocenters. The van der Waals surface area contributed by atoms with Gasteiger partial charge in [-0.15, -0.1) is 0 Å². The number of rotatable bonds is 15. The standard InChI is InChI=1S/C19H35N5O7S/c1-5-9(2)14(19(30)31)23-18(29)15(10(3)25)24-17(28)12(6-7-32-4)22-16(27)11(20)8-13(21)26/h9-12,14-15,25H,5-8,20H2,1-4H3,(H2,21,26)(H,22,27)(H,23,29)(H,24,28)(H,30,31). The van der Waals surface area contributed by atoms with Crippen LogP contribution in [-0.2, 0) is 24.0 Å². The maximum absolute atomic E-state index is 12.8. The highest BCUT2D eigenvalue weighted by Crippen LogP contribution is 2.09. The van der Waals surface area contributed by atoms with Crippen molar-refractivity contribution in [2.24, 2.45) is 17.4 Å². The lowest BCUT2D eigenvalue weighted by atomic mass is 9.98. The quantitative estimate of drug-likeness (QED) is 0.137. The maximum atomic E-state index is 12.8. The molecule has 0 aliphatic rings. The van der Waals surface area contributed by atoms with Gasteiger partial charge in [0.1, 0.15) is 18.1 Å². The molecule has 0 bridgehead atoms. The smallest absolute Gasteiger partial charge is 0.326 e. The molecule has 0 aromatic rings. The topological polar surface area (TPSA) is 214 Å². The molecular formula is C19H35N5O7S. The van der Waals surface area contributed by atoms with Gasteiger partial charge in [-0.25, -0.2) is 4.79 Å². The van der Waals surface area contributed by atoms with E-state index in [1.807, 2.05) is 0 Å². The molecular weight excluding hydrogens is 442 g/mol. The molecule has 0 aromatic carbocycles. The van der Waals surface area contributed by atoms with Gasteiger partial charge in [-0.05, 0) is 31.3 Å². The van der Waals surface area contributed by atoms with Gasteiger partial charge in [0.25, 0.3) is 0 Å². The van der Waals surface area contributed by atoms with Crippen LogP contribution in [0.5, 0.6) is 0 Å². The SMILES string of the molecule is CCC(C)C(NC(=O)C(NC(=O)C(CCSC)NC(=O)C(N)CC(N)=O)C(C)O)C(=O)O. The molecule has 0 saturated carbocycles. The van der Waals surface area contributed by atoms with E-state index in [2.05, 4.69) is 16.0 Å². The van der Waals surface area contributed by atoms with Crippen molar-refractivity contribution in [2.45, 2.75) is 70.3 Å². The Balaban J connectivity index is 5.43. The predicted molar refractivity (Wildman–Crippen MR) is 119 cm³/mol. The van der Waals surface area contributed by atoms with Crippen molar-refractivity contribution < 1.29 is 34.2 Å². The second-order valence-corrected chi connectivity index (χ2v) is 8.54. The Morgan fingerprint density at radius 1 is 0.969 bits per heavy atom. The summed E-state index contributed by atoms with van der Waals surface area (Å²) in [6.45, 7) is 4.68. The van der Waals surface area contributed by atoms with Crippen molar-refractivity contribution in [1.29, 1.82) is 0 Å². The lowest BCUT2D eigenvalue weighted by Crippen LogP contribution is -2.60. The van der Waals surface area contributed by atoms with Crippen molar-refractivity contribution in [1.82, 2.24) is 16.0 Å². The molecule has 0 heterocycles. The minimum Gasteiger partial charge on any atom is -0.480 e. The van der Waals surface area contributed by atoms with Crippen molar-refractivity contribution in [2.75, 3.05) is 12.0 Å². The number of thioether (sulfide) groups is 1. The molecule has 32 heavy (non-hydrogen) atoms. The Labute approximate surface area is 191 Å². The Morgan fingerprint density at radius 3 is 1.97 bits per heavy atom. The van der Waals surface area contributed by atoms with Crippen LogP contribution in [0, 0.1) is 5.92 Å². The first-order valence-electron chi connectivity index (χ1n) is 10.2. The van der Waals surface area contributed by atoms with E-state index in [1.165, 1.54) is 18.7 Å². The van der Waals surface area contributed by atoms with Gasteiger partial charge in [-0.2, -0.15) is 11.8 Å². The van der Waals surface area contributed by atoms with Crippen LogP contribution >= 0.6 is 11.8 Å². The van der Waals surface area contributed by atoms with E-state index in [0.29, 0.717) is 12.2 Å². The summed E-state index contributed by atoms with van der Waals surface area (Å²) in [5.74, 6) is -4.34. The molecule has 0 radical (unpaired) electrons. The Kier molecular flexibility index (Phi) is 13.5. The molecule has 13 heteroatoms. The fourth-order valence-electron chi connectivity index (χ4n) is 2.68. The number of carboxylic acid groups (broad SMARTS) is 1. The maximum Gasteiger partial charge on any atom is 0.326 e. The molecule has 4 amide bonds. The second-order valence-electron chi connectivity index (χ2n) is 7.56. The van der Waals surface area contributed by atoms with E-state index in [0.717, 1.165) is 0 Å². The van der Waals surface area contributed by atoms with Gasteiger partial charge in [-0.3, -0.25) is 19.2 Å². The van der Waals surface area contributed by atoms with Crippen LogP contribution in [0.4, 0.5) is 0 Å². The van der Waals surface area contributed by atoms with Crippen LogP contribution in [0.25, 0.3) is 0 Å². The van der Waals surface area contributed by atoms with Gasteiger partial charge in [0.15, 0.2) is 0 Å². The Bertz CT molecular complexity index is 676. The number of hydrogen-bond donors (Lipinski definition) is 7. The van der Waals surface area contributed by atoms with E-state index < -0.39 is 66.3 Å². The summed E-state index contributed by atoms with van der Waals surface area (Å²) in [6, 6.07) is -5.02. The molecule has 9 N–H and O–H groups in total. The summed E-state index contributed by atoms with van der Waals surface area (Å²) in [6.07, 6.45) is 0.702. The summed E-state index contributed by atoms with van der Waals surface area (Å²) in [5, 5.41) is 26.5. The third kappa shape index (κ3) is 10.3. The van der Waals surface area contributed by atoms with Gasteiger partial charge in [0.2, 0.25) is 23.6 Å². The molecule has 0 aliphatic heterocycles. The van der Waals surface area contributed by atoms with E-state index >= 15 is 0 Å². The van der Waals surface area contributed by atoms with Gasteiger partial charge in [0, 0.05) is 0 Å². The number of carboxylic acids is 1. The summed E-state index contributed by atoms with van der Waals surface area (Å²) in [7, 11) is 0. The Morgan fingerprint density at radius 2 is 1.53 bits per heavy atom. The number of hydrogen-bond acceptors (Lipinski definition) is 8. The summed E-state index contributed by atoms with van der Waals surface area (Å²) < 4.78 is 0. The Hall–Kier alpha value is -2.38. The number of aliphatic hydroxyl groups excluding tert-OH is 1. The first-order valence-corrected chi connectivity index (χ1v) is 11.6. The average molecular weight is 478 g/mol. The highest BCUT2D eigenvalue weighted by molar-refractivity contribution is 7.98. The van der Waals surface area contributed by atoms with Gasteiger partial charge in [-0.1, -0.05) is 20.3 Å². The fraction of sp³-hybridized carbons (Fsp3) is 0.737. The molecule has 0 rings (SSSR count). The third-order valence-corrected chi connectivity index (χ3v) is 5.48. The zero-order valence-corrected chi connectivity index (χ0v) is 19.6. The lowest BCUT2D eigenvalue weighted by molar-refractivity contribution is -0.144. The highest BCUT2D eigenvalue weighted by Gasteiger charge is 2.34. The zero-order chi connectivity index (χ0) is 25.0. The normalized spacial score (nSPS) is 16.6. The van der Waals surface area contributed by atoms with Gasteiger partial charge < -0.3 is 37.6 Å². The van der Waals surface area contributed by atoms with Crippen LogP contribution in [0.2, 0.25) is 0 Å². The largest absolute Gasteiger partial charge is 0.480 e. The number of carbonyl (C=O) groups is 5. The number of aliphatic hydroxyl groups is 1. The molecule has 0 spiro atoms. The number of nitrogens with one attached hydrogen (secondary N) is 3. The van der Waals surface area contributed by atoms with E-state index in [4.69, 9.17) is 11.5 Å². The number of primary amides is 1. The van der Waals surface area contributed by atoms with Crippen LogP contribution in [0.1, 0.15) is 40.0 Å². The fourth-order valence-corrected chi connectivity index (χ4v) is 3.15. The first-order chi connectivity index (χ1) is 14.8. The monoisotopic (exact) mass is 477 g/mol. The van der Waals surface area contributed by atoms with Crippen molar-refractivity contribution in [3.63, 3.8) is 0 Å². The van der Waals surface area contributed by atoms with Crippen molar-refractivity contribution >= 4 is 41.4 Å². The molecule has 184 valence electrons. The van der Waals surface area contributed by atoms with Gasteiger partial charge in [0.05, 0.1) is 18.6 Å². The van der Waals surface area contributed by atoms with Crippen LogP contribution in [-0.4, -0.2) is 82.1 Å². The minimum absolute atomic E-state index is 0.181. The van der Waals surface area contributed by atoms with Crippen molar-refractivity contribution in [3.8, 4) is 0 Å². The molecule has 0 fully saturated rings. The van der Waals surface area contributed by atoms with Crippen LogP contribution in [0.15, 0.2) is 0 Å². The predicted octanol–water partition coefficient (Wildman–Crippen LogP) is -2.09. The van der Waals surface area contributed by atoms with E-state index in [9.17, 15) is 34.2 Å². The summed E-state index contributed by atoms with van der Waals surface area (Å²) in [4.78, 5) is 60.1. The molecule has 0 aliphatic carbocycles. The number of nitrogens with two attached hydrogens (primary N) is 2. The molecule has 0 aromatic heterocycles. The lowest BCUT2D eigenvalue weighted by Gasteiger charge is -2.27. The molecule has 12 nitrogen and oxygen atoms in total.